The first-order chi connectivity index (χ1) is 15.6. The third kappa shape index (κ3) is 6.56. The molecule has 0 saturated carbocycles. The highest BCUT2D eigenvalue weighted by Gasteiger charge is 2.48. The number of hydrogen-bond donors (Lipinski definition) is 2. The molecule has 3 heterocycles. The number of amides is 1. The number of carbonyl (C=O) groups excluding carboxylic acids is 2. The van der Waals surface area contributed by atoms with Gasteiger partial charge in [0.2, 0.25) is 11.7 Å². The minimum Gasteiger partial charge on any atom is -0.478 e. The van der Waals surface area contributed by atoms with Gasteiger partial charge in [-0.3, -0.25) is 4.79 Å². The number of aliphatic hydroxyl groups excluding tert-OH is 1. The van der Waals surface area contributed by atoms with Gasteiger partial charge in [0.05, 0.1) is 24.6 Å². The predicted octanol–water partition coefficient (Wildman–Crippen LogP) is 1.27. The minimum atomic E-state index is -1.23. The van der Waals surface area contributed by atoms with E-state index in [-0.39, 0.29) is 24.9 Å². The lowest BCUT2D eigenvalue weighted by atomic mass is 9.93. The topological polar surface area (TPSA) is 113 Å². The Kier molecular flexibility index (Phi) is 8.15. The zero-order valence-corrected chi connectivity index (χ0v) is 20.1. The van der Waals surface area contributed by atoms with E-state index in [1.807, 2.05) is 19.1 Å². The van der Waals surface area contributed by atoms with E-state index < -0.39 is 42.2 Å². The van der Waals surface area contributed by atoms with E-state index in [9.17, 15) is 14.7 Å². The van der Waals surface area contributed by atoms with E-state index in [4.69, 9.17) is 23.7 Å². The molecule has 1 fully saturated rings. The first-order valence-electron chi connectivity index (χ1n) is 10.5. The van der Waals surface area contributed by atoms with Crippen molar-refractivity contribution in [2.75, 3.05) is 20.3 Å². The van der Waals surface area contributed by atoms with E-state index in [2.05, 4.69) is 17.2 Å². The quantitative estimate of drug-likeness (QED) is 0.463. The van der Waals surface area contributed by atoms with E-state index in [0.29, 0.717) is 0 Å². The van der Waals surface area contributed by atoms with Crippen LogP contribution in [-0.4, -0.2) is 73.6 Å². The van der Waals surface area contributed by atoms with Crippen LogP contribution in [0.5, 0.6) is 0 Å². The molecular formula is C23H29NO8S. The van der Waals surface area contributed by atoms with Crippen molar-refractivity contribution in [1.29, 1.82) is 0 Å². The Morgan fingerprint density at radius 3 is 2.73 bits per heavy atom. The number of aliphatic hydroxyl groups is 1. The fraction of sp³-hybridized carbons (Fsp3) is 0.565. The van der Waals surface area contributed by atoms with Crippen LogP contribution in [0.25, 0.3) is 0 Å². The van der Waals surface area contributed by atoms with Gasteiger partial charge in [-0.2, -0.15) is 0 Å². The molecule has 0 radical (unpaired) electrons. The summed E-state index contributed by atoms with van der Waals surface area (Å²) >= 11 is 1.57. The van der Waals surface area contributed by atoms with Gasteiger partial charge in [-0.25, -0.2) is 4.79 Å². The van der Waals surface area contributed by atoms with Crippen LogP contribution in [0.3, 0.4) is 0 Å². The second kappa shape index (κ2) is 10.7. The first-order valence-corrected chi connectivity index (χ1v) is 11.3. The fourth-order valence-corrected chi connectivity index (χ4v) is 4.35. The Morgan fingerprint density at radius 2 is 2.15 bits per heavy atom. The molecule has 0 aliphatic carbocycles. The SMILES string of the molecule is COC(=O)C1=C[C@H](OCC#Cc2ccc(C)s2)[C@@H](NC(C)=O)[C@H]([C@H](O)[C@H]2COC(C)(C)O2)O1. The van der Waals surface area contributed by atoms with Gasteiger partial charge in [0, 0.05) is 11.8 Å². The van der Waals surface area contributed by atoms with Crippen LogP contribution in [0.2, 0.25) is 0 Å². The Balaban J connectivity index is 1.82. The van der Waals surface area contributed by atoms with Crippen molar-refractivity contribution >= 4 is 23.2 Å². The molecule has 0 unspecified atom stereocenters. The summed E-state index contributed by atoms with van der Waals surface area (Å²) in [6, 6.07) is 3.09. The Morgan fingerprint density at radius 1 is 1.39 bits per heavy atom. The van der Waals surface area contributed by atoms with Gasteiger partial charge in [-0.15, -0.1) is 11.3 Å². The number of aryl methyl sites for hydroxylation is 1. The Hall–Kier alpha value is -2.42. The molecule has 1 aromatic heterocycles. The molecule has 3 rings (SSSR count). The summed E-state index contributed by atoms with van der Waals surface area (Å²) in [5.74, 6) is 3.86. The summed E-state index contributed by atoms with van der Waals surface area (Å²) in [5.41, 5.74) is 0. The molecule has 2 aliphatic rings. The van der Waals surface area contributed by atoms with Crippen molar-refractivity contribution in [1.82, 2.24) is 5.32 Å². The largest absolute Gasteiger partial charge is 0.478 e. The van der Waals surface area contributed by atoms with Crippen molar-refractivity contribution in [3.05, 3.63) is 33.7 Å². The molecule has 0 spiro atoms. The Bertz CT molecular complexity index is 959. The molecular weight excluding hydrogens is 450 g/mol. The van der Waals surface area contributed by atoms with Crippen LogP contribution < -0.4 is 5.32 Å². The normalized spacial score (nSPS) is 26.9. The number of thiophene rings is 1. The number of nitrogens with one attached hydrogen (secondary N) is 1. The lowest BCUT2D eigenvalue weighted by molar-refractivity contribution is -0.173. The Labute approximate surface area is 197 Å². The van der Waals surface area contributed by atoms with Crippen molar-refractivity contribution in [3.8, 4) is 11.8 Å². The minimum absolute atomic E-state index is 0.0293. The molecule has 2 N–H and O–H groups in total. The maximum absolute atomic E-state index is 12.2. The molecule has 1 saturated heterocycles. The highest BCUT2D eigenvalue weighted by molar-refractivity contribution is 7.12. The van der Waals surface area contributed by atoms with Gasteiger partial charge >= 0.3 is 5.97 Å². The highest BCUT2D eigenvalue weighted by atomic mass is 32.1. The molecule has 10 heteroatoms. The number of ether oxygens (including phenoxy) is 5. The highest BCUT2D eigenvalue weighted by Crippen LogP contribution is 2.30. The first kappa shape index (κ1) is 25.2. The maximum atomic E-state index is 12.2. The second-order valence-electron chi connectivity index (χ2n) is 8.18. The third-order valence-electron chi connectivity index (χ3n) is 5.09. The molecule has 180 valence electrons. The summed E-state index contributed by atoms with van der Waals surface area (Å²) in [4.78, 5) is 26.2. The van der Waals surface area contributed by atoms with E-state index in [0.717, 1.165) is 9.75 Å². The molecule has 1 aromatic rings. The maximum Gasteiger partial charge on any atom is 0.373 e. The van der Waals surface area contributed by atoms with Gasteiger partial charge in [0.15, 0.2) is 11.9 Å². The molecule has 33 heavy (non-hydrogen) atoms. The number of hydrogen-bond acceptors (Lipinski definition) is 9. The average Bonchev–Trinajstić information content (AvgIpc) is 3.34. The zero-order chi connectivity index (χ0) is 24.2. The number of methoxy groups -OCH3 is 1. The molecule has 0 aromatic carbocycles. The molecule has 9 nitrogen and oxygen atoms in total. The van der Waals surface area contributed by atoms with E-state index in [1.165, 1.54) is 20.1 Å². The number of carbonyl (C=O) groups is 2. The molecule has 2 aliphatic heterocycles. The summed E-state index contributed by atoms with van der Waals surface area (Å²) in [7, 11) is 1.22. The van der Waals surface area contributed by atoms with Gasteiger partial charge in [0.25, 0.3) is 0 Å². The van der Waals surface area contributed by atoms with Crippen LogP contribution in [0.1, 0.15) is 30.5 Å². The van der Waals surface area contributed by atoms with E-state index in [1.54, 1.807) is 25.2 Å². The lowest BCUT2D eigenvalue weighted by Gasteiger charge is -2.39. The zero-order valence-electron chi connectivity index (χ0n) is 19.2. The summed E-state index contributed by atoms with van der Waals surface area (Å²) < 4.78 is 27.8. The molecule has 0 bridgehead atoms. The standard InChI is InChI=1S/C23H29NO8S/c1-13-8-9-15(33-13)7-6-10-29-16-11-17(22(27)28-5)31-21(19(16)24-14(2)25)20(26)18-12-30-23(3,4)32-18/h8-9,11,16,18-21,26H,10,12H2,1-5H3,(H,24,25)/t16-,18+,19+,20+,21+/m0/s1. The summed E-state index contributed by atoms with van der Waals surface area (Å²) in [5, 5.41) is 13.8. The summed E-state index contributed by atoms with van der Waals surface area (Å²) in [6.45, 7) is 6.95. The number of esters is 1. The van der Waals surface area contributed by atoms with Crippen molar-refractivity contribution in [2.45, 2.75) is 63.9 Å². The molecule has 5 atom stereocenters. The van der Waals surface area contributed by atoms with Gasteiger partial charge < -0.3 is 34.1 Å². The van der Waals surface area contributed by atoms with Crippen LogP contribution in [-0.2, 0) is 33.3 Å². The van der Waals surface area contributed by atoms with Crippen molar-refractivity contribution in [2.24, 2.45) is 0 Å². The predicted molar refractivity (Wildman–Crippen MR) is 119 cm³/mol. The monoisotopic (exact) mass is 479 g/mol. The second-order valence-corrected chi connectivity index (χ2v) is 9.46. The van der Waals surface area contributed by atoms with Crippen molar-refractivity contribution < 1.29 is 38.4 Å². The van der Waals surface area contributed by atoms with Gasteiger partial charge in [-0.05, 0) is 39.0 Å². The van der Waals surface area contributed by atoms with Crippen LogP contribution >= 0.6 is 11.3 Å². The summed E-state index contributed by atoms with van der Waals surface area (Å²) in [6.07, 6.45) is -2.42. The van der Waals surface area contributed by atoms with Crippen LogP contribution in [0.4, 0.5) is 0 Å². The lowest BCUT2D eigenvalue weighted by Crippen LogP contribution is -2.60. The van der Waals surface area contributed by atoms with Crippen LogP contribution in [0, 0.1) is 18.8 Å². The number of rotatable bonds is 6. The van der Waals surface area contributed by atoms with E-state index >= 15 is 0 Å². The van der Waals surface area contributed by atoms with Crippen molar-refractivity contribution in [3.63, 3.8) is 0 Å². The fourth-order valence-electron chi connectivity index (χ4n) is 3.61. The average molecular weight is 480 g/mol. The third-order valence-corrected chi connectivity index (χ3v) is 6.01. The van der Waals surface area contributed by atoms with Gasteiger partial charge in [0.1, 0.15) is 24.9 Å². The smallest absolute Gasteiger partial charge is 0.373 e. The molecule has 1 amide bonds. The van der Waals surface area contributed by atoms with Crippen LogP contribution in [0.15, 0.2) is 24.0 Å². The van der Waals surface area contributed by atoms with Gasteiger partial charge in [-0.1, -0.05) is 11.8 Å².